The molecule has 2 rings (SSSR count). The van der Waals surface area contributed by atoms with Gasteiger partial charge in [0, 0.05) is 35.8 Å². The van der Waals surface area contributed by atoms with Crippen LogP contribution >= 0.6 is 15.9 Å². The monoisotopic (exact) mass is 296 g/mol. The number of nitrogens with one attached hydrogen (secondary N) is 1. The highest BCUT2D eigenvalue weighted by Gasteiger charge is 2.29. The van der Waals surface area contributed by atoms with Gasteiger partial charge in [-0.15, -0.1) is 0 Å². The zero-order chi connectivity index (χ0) is 12.5. The molecule has 1 unspecified atom stereocenters. The molecular weight excluding hydrogens is 276 g/mol. The lowest BCUT2D eigenvalue weighted by molar-refractivity contribution is 0.254. The molecular formula is C14H21BrN2. The van der Waals surface area contributed by atoms with E-state index in [9.17, 15) is 0 Å². The van der Waals surface area contributed by atoms with Gasteiger partial charge < -0.3 is 10.2 Å². The second-order valence-electron chi connectivity index (χ2n) is 5.80. The fourth-order valence-corrected chi connectivity index (χ4v) is 2.48. The Hall–Kier alpha value is -0.540. The Labute approximate surface area is 113 Å². The summed E-state index contributed by atoms with van der Waals surface area (Å²) < 4.78 is 1.14. The van der Waals surface area contributed by atoms with Crippen molar-refractivity contribution in [3.05, 3.63) is 28.7 Å². The minimum Gasteiger partial charge on any atom is -0.369 e. The van der Waals surface area contributed by atoms with Gasteiger partial charge in [0.2, 0.25) is 0 Å². The molecule has 1 saturated heterocycles. The van der Waals surface area contributed by atoms with Crippen molar-refractivity contribution in [1.82, 2.24) is 5.32 Å². The highest BCUT2D eigenvalue weighted by molar-refractivity contribution is 9.10. The van der Waals surface area contributed by atoms with Gasteiger partial charge in [-0.2, -0.15) is 0 Å². The average molecular weight is 297 g/mol. The summed E-state index contributed by atoms with van der Waals surface area (Å²) in [6.07, 6.45) is 0. The third kappa shape index (κ3) is 3.23. The zero-order valence-electron chi connectivity index (χ0n) is 10.8. The zero-order valence-corrected chi connectivity index (χ0v) is 12.4. The fraction of sp³-hybridized carbons (Fsp3) is 0.571. The van der Waals surface area contributed by atoms with Crippen molar-refractivity contribution in [3.8, 4) is 0 Å². The molecule has 1 atom stereocenters. The van der Waals surface area contributed by atoms with E-state index in [0.717, 1.165) is 24.1 Å². The van der Waals surface area contributed by atoms with E-state index in [4.69, 9.17) is 0 Å². The number of rotatable bonds is 1. The van der Waals surface area contributed by atoms with Crippen LogP contribution in [-0.2, 0) is 0 Å². The van der Waals surface area contributed by atoms with Crippen molar-refractivity contribution in [2.45, 2.75) is 26.8 Å². The molecule has 1 fully saturated rings. The summed E-state index contributed by atoms with van der Waals surface area (Å²) in [5, 5.41) is 3.62. The van der Waals surface area contributed by atoms with Crippen LogP contribution in [0.3, 0.4) is 0 Å². The lowest BCUT2D eigenvalue weighted by Gasteiger charge is -2.41. The van der Waals surface area contributed by atoms with Crippen molar-refractivity contribution in [2.75, 3.05) is 24.5 Å². The van der Waals surface area contributed by atoms with Crippen molar-refractivity contribution in [2.24, 2.45) is 5.41 Å². The highest BCUT2D eigenvalue weighted by atomic mass is 79.9. The quantitative estimate of drug-likeness (QED) is 0.856. The molecule has 1 aliphatic rings. The van der Waals surface area contributed by atoms with E-state index in [0.29, 0.717) is 11.5 Å². The second kappa shape index (κ2) is 4.99. The van der Waals surface area contributed by atoms with Crippen molar-refractivity contribution >= 4 is 21.6 Å². The number of halogens is 1. The SMILES string of the molecule is CC(C)(C)C1CN(c2ccc(Br)cc2)CCN1. The molecule has 17 heavy (non-hydrogen) atoms. The maximum atomic E-state index is 3.62. The van der Waals surface area contributed by atoms with Crippen LogP contribution in [0.2, 0.25) is 0 Å². The van der Waals surface area contributed by atoms with Gasteiger partial charge in [-0.05, 0) is 29.7 Å². The summed E-state index contributed by atoms with van der Waals surface area (Å²) in [6, 6.07) is 9.16. The molecule has 1 heterocycles. The van der Waals surface area contributed by atoms with Crippen LogP contribution in [0.15, 0.2) is 28.7 Å². The lowest BCUT2D eigenvalue weighted by Crippen LogP contribution is -2.56. The Morgan fingerprint density at radius 3 is 2.47 bits per heavy atom. The molecule has 3 heteroatoms. The number of anilines is 1. The molecule has 0 spiro atoms. The van der Waals surface area contributed by atoms with E-state index >= 15 is 0 Å². The molecule has 0 amide bonds. The van der Waals surface area contributed by atoms with E-state index in [1.54, 1.807) is 0 Å². The van der Waals surface area contributed by atoms with Crippen LogP contribution in [0.4, 0.5) is 5.69 Å². The molecule has 0 saturated carbocycles. The van der Waals surface area contributed by atoms with Crippen molar-refractivity contribution in [3.63, 3.8) is 0 Å². The first-order chi connectivity index (χ1) is 7.97. The Kier molecular flexibility index (Phi) is 3.79. The van der Waals surface area contributed by atoms with Gasteiger partial charge in [-0.3, -0.25) is 0 Å². The maximum Gasteiger partial charge on any atom is 0.0367 e. The van der Waals surface area contributed by atoms with E-state index in [1.165, 1.54) is 5.69 Å². The van der Waals surface area contributed by atoms with Gasteiger partial charge in [-0.25, -0.2) is 0 Å². The van der Waals surface area contributed by atoms with Crippen LogP contribution in [0.5, 0.6) is 0 Å². The Bertz CT molecular complexity index is 367. The standard InChI is InChI=1S/C14H21BrN2/c1-14(2,3)13-10-17(9-8-16-13)12-6-4-11(15)5-7-12/h4-7,13,16H,8-10H2,1-3H3. The molecule has 0 aliphatic carbocycles. The molecule has 0 bridgehead atoms. The van der Waals surface area contributed by atoms with E-state index in [2.05, 4.69) is 71.2 Å². The number of hydrogen-bond acceptors (Lipinski definition) is 2. The Morgan fingerprint density at radius 2 is 1.88 bits per heavy atom. The molecule has 0 aromatic heterocycles. The fourth-order valence-electron chi connectivity index (χ4n) is 2.22. The maximum absolute atomic E-state index is 3.62. The predicted octanol–water partition coefficient (Wildman–Crippen LogP) is 3.27. The summed E-state index contributed by atoms with van der Waals surface area (Å²) in [4.78, 5) is 2.47. The van der Waals surface area contributed by atoms with Gasteiger partial charge in [0.1, 0.15) is 0 Å². The van der Waals surface area contributed by atoms with Crippen LogP contribution in [0.1, 0.15) is 20.8 Å². The topological polar surface area (TPSA) is 15.3 Å². The summed E-state index contributed by atoms with van der Waals surface area (Å²) in [5.74, 6) is 0. The van der Waals surface area contributed by atoms with Crippen LogP contribution in [0, 0.1) is 5.41 Å². The average Bonchev–Trinajstić information content (AvgIpc) is 2.29. The molecule has 1 aromatic rings. The van der Waals surface area contributed by atoms with Gasteiger partial charge >= 0.3 is 0 Å². The lowest BCUT2D eigenvalue weighted by atomic mass is 9.85. The number of hydrogen-bond donors (Lipinski definition) is 1. The minimum absolute atomic E-state index is 0.314. The van der Waals surface area contributed by atoms with Crippen LogP contribution in [-0.4, -0.2) is 25.7 Å². The highest BCUT2D eigenvalue weighted by Crippen LogP contribution is 2.25. The smallest absolute Gasteiger partial charge is 0.0367 e. The molecule has 2 nitrogen and oxygen atoms in total. The largest absolute Gasteiger partial charge is 0.369 e. The van der Waals surface area contributed by atoms with E-state index in [-0.39, 0.29) is 0 Å². The third-order valence-corrected chi connectivity index (χ3v) is 3.94. The normalized spacial score (nSPS) is 21.6. The van der Waals surface area contributed by atoms with Gasteiger partial charge in [0.15, 0.2) is 0 Å². The molecule has 0 radical (unpaired) electrons. The first kappa shape index (κ1) is 12.9. The van der Waals surface area contributed by atoms with Gasteiger partial charge in [0.25, 0.3) is 0 Å². The van der Waals surface area contributed by atoms with Gasteiger partial charge in [0.05, 0.1) is 0 Å². The van der Waals surface area contributed by atoms with E-state index < -0.39 is 0 Å². The first-order valence-corrected chi connectivity index (χ1v) is 7.00. The summed E-state index contributed by atoms with van der Waals surface area (Å²) in [5.41, 5.74) is 1.64. The molecule has 1 aromatic carbocycles. The Morgan fingerprint density at radius 1 is 1.24 bits per heavy atom. The summed E-state index contributed by atoms with van der Waals surface area (Å²) >= 11 is 3.48. The van der Waals surface area contributed by atoms with Crippen molar-refractivity contribution in [1.29, 1.82) is 0 Å². The molecule has 1 N–H and O–H groups in total. The third-order valence-electron chi connectivity index (χ3n) is 3.41. The Balaban J connectivity index is 2.09. The van der Waals surface area contributed by atoms with Crippen LogP contribution < -0.4 is 10.2 Å². The molecule has 94 valence electrons. The number of nitrogens with zero attached hydrogens (tertiary/aromatic N) is 1. The number of piperazine rings is 1. The summed E-state index contributed by atoms with van der Waals surface area (Å²) in [6.45, 7) is 10.2. The molecule has 1 aliphatic heterocycles. The minimum atomic E-state index is 0.314. The van der Waals surface area contributed by atoms with E-state index in [1.807, 2.05) is 0 Å². The second-order valence-corrected chi connectivity index (χ2v) is 6.71. The summed E-state index contributed by atoms with van der Waals surface area (Å²) in [7, 11) is 0. The number of benzene rings is 1. The van der Waals surface area contributed by atoms with Crippen LogP contribution in [0.25, 0.3) is 0 Å². The van der Waals surface area contributed by atoms with Crippen molar-refractivity contribution < 1.29 is 0 Å². The van der Waals surface area contributed by atoms with Gasteiger partial charge in [-0.1, -0.05) is 36.7 Å². The predicted molar refractivity (Wildman–Crippen MR) is 77.6 cm³/mol. The first-order valence-electron chi connectivity index (χ1n) is 6.21.